The van der Waals surface area contributed by atoms with Gasteiger partial charge in [-0.1, -0.05) is 23.4 Å². The van der Waals surface area contributed by atoms with E-state index in [9.17, 15) is 4.39 Å². The largest absolute Gasteiger partial charge is 0.396 e. The van der Waals surface area contributed by atoms with Crippen molar-refractivity contribution in [3.05, 3.63) is 84.0 Å². The molecule has 0 spiro atoms. The number of nitrogens with zero attached hydrogens (tertiary/aromatic N) is 4. The average molecular weight is 323 g/mol. The summed E-state index contributed by atoms with van der Waals surface area (Å²) in [5, 5.41) is 3.66. The van der Waals surface area contributed by atoms with Crippen LogP contribution in [0.2, 0.25) is 0 Å². The van der Waals surface area contributed by atoms with E-state index in [0.29, 0.717) is 28.6 Å². The molecule has 0 radical (unpaired) electrons. The monoisotopic (exact) mass is 323 g/mol. The first kappa shape index (κ1) is 15.5. The van der Waals surface area contributed by atoms with Gasteiger partial charge in [0.2, 0.25) is 0 Å². The highest BCUT2D eigenvalue weighted by molar-refractivity contribution is 6.09. The normalized spacial score (nSPS) is 12.4. The minimum Gasteiger partial charge on any atom is -0.396 e. The lowest BCUT2D eigenvalue weighted by atomic mass is 10.2. The van der Waals surface area contributed by atoms with Crippen LogP contribution in [0, 0.1) is 5.82 Å². The van der Waals surface area contributed by atoms with E-state index in [2.05, 4.69) is 20.1 Å². The second kappa shape index (κ2) is 7.28. The molecule has 0 aliphatic carbocycles. The van der Waals surface area contributed by atoms with E-state index in [-0.39, 0.29) is 12.4 Å². The van der Waals surface area contributed by atoms with Crippen molar-refractivity contribution >= 4 is 11.4 Å². The molecule has 0 amide bonds. The van der Waals surface area contributed by atoms with Gasteiger partial charge in [-0.3, -0.25) is 4.99 Å². The Bertz CT molecular complexity index is 860. The highest BCUT2D eigenvalue weighted by atomic mass is 19.1. The molecule has 3 rings (SSSR count). The van der Waals surface area contributed by atoms with Crippen molar-refractivity contribution < 1.29 is 8.91 Å². The second-order valence-corrected chi connectivity index (χ2v) is 4.84. The molecule has 1 aromatic carbocycles. The van der Waals surface area contributed by atoms with Crippen LogP contribution in [0.25, 0.3) is 5.70 Å². The van der Waals surface area contributed by atoms with E-state index in [4.69, 9.17) is 10.3 Å². The fraction of sp³-hybridized carbons (Fsp3) is 0.0588. The van der Waals surface area contributed by atoms with Crippen LogP contribution >= 0.6 is 0 Å². The molecule has 0 aliphatic heterocycles. The summed E-state index contributed by atoms with van der Waals surface area (Å²) in [5.74, 6) is 0.474. The van der Waals surface area contributed by atoms with Crippen LogP contribution < -0.4 is 5.73 Å². The third-order valence-electron chi connectivity index (χ3n) is 3.18. The number of halogens is 1. The number of rotatable bonds is 5. The van der Waals surface area contributed by atoms with Crippen LogP contribution in [0.3, 0.4) is 0 Å². The van der Waals surface area contributed by atoms with Crippen molar-refractivity contribution in [2.45, 2.75) is 6.54 Å². The topological polar surface area (TPSA) is 90.2 Å². The molecule has 0 unspecified atom stereocenters. The first-order chi connectivity index (χ1) is 11.7. The van der Waals surface area contributed by atoms with Crippen LogP contribution in [0.15, 0.2) is 70.6 Å². The molecule has 6 nitrogen and oxygen atoms in total. The molecule has 0 saturated heterocycles. The van der Waals surface area contributed by atoms with Crippen LogP contribution in [0.1, 0.15) is 17.1 Å². The Labute approximate surface area is 137 Å². The molecule has 3 aromatic rings. The van der Waals surface area contributed by atoms with Gasteiger partial charge in [0.25, 0.3) is 0 Å². The average Bonchev–Trinajstić information content (AvgIpc) is 3.15. The van der Waals surface area contributed by atoms with Gasteiger partial charge in [-0.05, 0) is 18.2 Å². The smallest absolute Gasteiger partial charge is 0.184 e. The van der Waals surface area contributed by atoms with E-state index < -0.39 is 0 Å². The van der Waals surface area contributed by atoms with E-state index in [1.165, 1.54) is 12.3 Å². The van der Waals surface area contributed by atoms with Gasteiger partial charge in [0.1, 0.15) is 11.5 Å². The Balaban J connectivity index is 1.93. The molecule has 24 heavy (non-hydrogen) atoms. The third-order valence-corrected chi connectivity index (χ3v) is 3.18. The highest BCUT2D eigenvalue weighted by Crippen LogP contribution is 2.11. The molecular formula is C17H14FN5O. The van der Waals surface area contributed by atoms with Gasteiger partial charge < -0.3 is 10.3 Å². The molecule has 120 valence electrons. The SMILES string of the molecule is NC(=CC(=NCc1ccccc1F)c1ccno1)c1ncccn1. The van der Waals surface area contributed by atoms with Gasteiger partial charge >= 0.3 is 0 Å². The molecule has 0 aliphatic rings. The summed E-state index contributed by atoms with van der Waals surface area (Å²) in [7, 11) is 0. The number of hydrogen-bond acceptors (Lipinski definition) is 6. The predicted octanol–water partition coefficient (Wildman–Crippen LogP) is 2.59. The summed E-state index contributed by atoms with van der Waals surface area (Å²) < 4.78 is 18.9. The fourth-order valence-electron chi connectivity index (χ4n) is 2.00. The van der Waals surface area contributed by atoms with E-state index in [1.807, 2.05) is 0 Å². The van der Waals surface area contributed by atoms with Crippen LogP contribution in [0.4, 0.5) is 4.39 Å². The zero-order valence-corrected chi connectivity index (χ0v) is 12.6. The van der Waals surface area contributed by atoms with Crippen molar-refractivity contribution in [1.82, 2.24) is 15.1 Å². The van der Waals surface area contributed by atoms with Crippen molar-refractivity contribution in [3.8, 4) is 0 Å². The lowest BCUT2D eigenvalue weighted by Gasteiger charge is -2.03. The standard InChI is InChI=1S/C17H14FN5O/c18-13-5-2-1-4-12(13)11-22-15(16-6-9-23-24-16)10-14(19)17-20-7-3-8-21-17/h1-10H,11,19H2. The maximum absolute atomic E-state index is 13.7. The molecule has 2 N–H and O–H groups in total. The summed E-state index contributed by atoms with van der Waals surface area (Å²) >= 11 is 0. The first-order valence-corrected chi connectivity index (χ1v) is 7.17. The molecular weight excluding hydrogens is 309 g/mol. The molecule has 0 saturated carbocycles. The number of allylic oxidation sites excluding steroid dienone is 1. The van der Waals surface area contributed by atoms with E-state index >= 15 is 0 Å². The van der Waals surface area contributed by atoms with Crippen molar-refractivity contribution in [3.63, 3.8) is 0 Å². The number of hydrogen-bond donors (Lipinski definition) is 1. The summed E-state index contributed by atoms with van der Waals surface area (Å²) in [5.41, 5.74) is 7.24. The second-order valence-electron chi connectivity index (χ2n) is 4.84. The highest BCUT2D eigenvalue weighted by Gasteiger charge is 2.09. The molecule has 2 aromatic heterocycles. The van der Waals surface area contributed by atoms with Crippen molar-refractivity contribution in [2.24, 2.45) is 10.7 Å². The van der Waals surface area contributed by atoms with Gasteiger partial charge in [0.05, 0.1) is 18.4 Å². The number of aromatic nitrogens is 3. The van der Waals surface area contributed by atoms with Gasteiger partial charge in [-0.25, -0.2) is 14.4 Å². The summed E-state index contributed by atoms with van der Waals surface area (Å²) in [6.45, 7) is 0.141. The van der Waals surface area contributed by atoms with Crippen LogP contribution in [-0.4, -0.2) is 20.8 Å². The predicted molar refractivity (Wildman–Crippen MR) is 87.3 cm³/mol. The Hall–Kier alpha value is -3.35. The first-order valence-electron chi connectivity index (χ1n) is 7.17. The molecule has 7 heteroatoms. The Morgan fingerprint density at radius 2 is 1.92 bits per heavy atom. The Morgan fingerprint density at radius 1 is 1.12 bits per heavy atom. The van der Waals surface area contributed by atoms with Gasteiger partial charge in [-0.15, -0.1) is 0 Å². The molecule has 0 fully saturated rings. The number of aliphatic imine (C=N–C) groups is 1. The minimum atomic E-state index is -0.318. The maximum Gasteiger partial charge on any atom is 0.184 e. The lowest BCUT2D eigenvalue weighted by molar-refractivity contribution is 0.413. The zero-order valence-electron chi connectivity index (χ0n) is 12.6. The van der Waals surface area contributed by atoms with Gasteiger partial charge in [-0.2, -0.15) is 0 Å². The molecule has 0 bridgehead atoms. The van der Waals surface area contributed by atoms with Crippen LogP contribution in [-0.2, 0) is 6.54 Å². The molecule has 0 atom stereocenters. The zero-order chi connectivity index (χ0) is 16.8. The van der Waals surface area contributed by atoms with Gasteiger partial charge in [0.15, 0.2) is 11.6 Å². The summed E-state index contributed by atoms with van der Waals surface area (Å²) in [4.78, 5) is 12.6. The van der Waals surface area contributed by atoms with Crippen molar-refractivity contribution in [2.75, 3.05) is 0 Å². The quantitative estimate of drug-likeness (QED) is 0.729. The van der Waals surface area contributed by atoms with Crippen molar-refractivity contribution in [1.29, 1.82) is 0 Å². The maximum atomic E-state index is 13.7. The minimum absolute atomic E-state index is 0.141. The number of nitrogens with two attached hydrogens (primary N) is 1. The Kier molecular flexibility index (Phi) is 4.71. The fourth-order valence-corrected chi connectivity index (χ4v) is 2.00. The summed E-state index contributed by atoms with van der Waals surface area (Å²) in [6.07, 6.45) is 6.26. The third kappa shape index (κ3) is 3.70. The lowest BCUT2D eigenvalue weighted by Crippen LogP contribution is -2.06. The molecule has 2 heterocycles. The van der Waals surface area contributed by atoms with Crippen LogP contribution in [0.5, 0.6) is 0 Å². The number of benzene rings is 1. The van der Waals surface area contributed by atoms with E-state index in [0.717, 1.165) is 0 Å². The van der Waals surface area contributed by atoms with E-state index in [1.54, 1.807) is 48.8 Å². The van der Waals surface area contributed by atoms with Gasteiger partial charge in [0, 0.05) is 24.0 Å². The summed E-state index contributed by atoms with van der Waals surface area (Å²) in [6, 6.07) is 9.79. The Morgan fingerprint density at radius 3 is 2.62 bits per heavy atom.